The molecule has 0 amide bonds. The second kappa shape index (κ2) is 5.47. The largest absolute Gasteiger partial charge is 0.307 e. The molecule has 3 aromatic rings. The van der Waals surface area contributed by atoms with E-state index >= 15 is 0 Å². The monoisotopic (exact) mass is 265 g/mol. The van der Waals surface area contributed by atoms with E-state index in [1.807, 2.05) is 11.7 Å². The van der Waals surface area contributed by atoms with Crippen molar-refractivity contribution >= 4 is 10.9 Å². The molecule has 3 heteroatoms. The number of nitrogens with zero attached hydrogens (tertiary/aromatic N) is 2. The molecule has 20 heavy (non-hydrogen) atoms. The molecule has 0 atom stereocenters. The summed E-state index contributed by atoms with van der Waals surface area (Å²) in [6.45, 7) is 3.81. The summed E-state index contributed by atoms with van der Waals surface area (Å²) in [4.78, 5) is 0. The maximum absolute atomic E-state index is 4.60. The molecule has 0 spiro atoms. The SMILES string of the molecule is Cc1ccccc1CNCc1nn(C)c2ccccc12. The molecule has 0 aliphatic carbocycles. The van der Waals surface area contributed by atoms with Crippen LogP contribution in [0, 0.1) is 6.92 Å². The fraction of sp³-hybridized carbons (Fsp3) is 0.235. The first-order valence-corrected chi connectivity index (χ1v) is 6.91. The van der Waals surface area contributed by atoms with Crippen LogP contribution in [0.1, 0.15) is 16.8 Å². The van der Waals surface area contributed by atoms with Gasteiger partial charge in [-0.05, 0) is 24.1 Å². The lowest BCUT2D eigenvalue weighted by Crippen LogP contribution is -2.14. The smallest absolute Gasteiger partial charge is 0.0841 e. The van der Waals surface area contributed by atoms with Crippen LogP contribution in [-0.4, -0.2) is 9.78 Å². The zero-order valence-electron chi connectivity index (χ0n) is 11.9. The Kier molecular flexibility index (Phi) is 3.52. The highest BCUT2D eigenvalue weighted by Crippen LogP contribution is 2.17. The van der Waals surface area contributed by atoms with Crippen LogP contribution < -0.4 is 5.32 Å². The number of hydrogen-bond acceptors (Lipinski definition) is 2. The minimum Gasteiger partial charge on any atom is -0.307 e. The van der Waals surface area contributed by atoms with Crippen molar-refractivity contribution in [2.75, 3.05) is 0 Å². The fourth-order valence-electron chi connectivity index (χ4n) is 2.54. The second-order valence-electron chi connectivity index (χ2n) is 5.12. The average molecular weight is 265 g/mol. The highest BCUT2D eigenvalue weighted by Gasteiger charge is 2.07. The first-order chi connectivity index (χ1) is 9.75. The summed E-state index contributed by atoms with van der Waals surface area (Å²) in [7, 11) is 1.99. The first-order valence-electron chi connectivity index (χ1n) is 6.91. The minimum atomic E-state index is 0.787. The Balaban J connectivity index is 1.73. The Morgan fingerprint density at radius 2 is 1.75 bits per heavy atom. The van der Waals surface area contributed by atoms with Gasteiger partial charge < -0.3 is 5.32 Å². The molecule has 1 aromatic heterocycles. The van der Waals surface area contributed by atoms with E-state index in [9.17, 15) is 0 Å². The lowest BCUT2D eigenvalue weighted by atomic mass is 10.1. The number of rotatable bonds is 4. The van der Waals surface area contributed by atoms with E-state index in [0.29, 0.717) is 0 Å². The summed E-state index contributed by atoms with van der Waals surface area (Å²) in [5.74, 6) is 0. The Hall–Kier alpha value is -2.13. The number of aromatic nitrogens is 2. The van der Waals surface area contributed by atoms with Crippen LogP contribution in [0.25, 0.3) is 10.9 Å². The third-order valence-corrected chi connectivity index (χ3v) is 3.70. The number of nitrogens with one attached hydrogen (secondary N) is 1. The first kappa shape index (κ1) is 12.9. The molecule has 3 rings (SSSR count). The summed E-state index contributed by atoms with van der Waals surface area (Å²) >= 11 is 0. The molecule has 0 fully saturated rings. The molecule has 0 saturated carbocycles. The second-order valence-corrected chi connectivity index (χ2v) is 5.12. The molecule has 0 bridgehead atoms. The van der Waals surface area contributed by atoms with Crippen LogP contribution in [0.15, 0.2) is 48.5 Å². The van der Waals surface area contributed by atoms with Crippen molar-refractivity contribution in [3.05, 3.63) is 65.4 Å². The molecule has 0 radical (unpaired) electrons. The zero-order valence-corrected chi connectivity index (χ0v) is 11.9. The topological polar surface area (TPSA) is 29.9 Å². The van der Waals surface area contributed by atoms with Gasteiger partial charge in [-0.15, -0.1) is 0 Å². The highest BCUT2D eigenvalue weighted by atomic mass is 15.3. The number of hydrogen-bond donors (Lipinski definition) is 1. The summed E-state index contributed by atoms with van der Waals surface area (Å²) in [5, 5.41) is 9.31. The summed E-state index contributed by atoms with van der Waals surface area (Å²) < 4.78 is 1.94. The maximum Gasteiger partial charge on any atom is 0.0841 e. The van der Waals surface area contributed by atoms with Crippen molar-refractivity contribution < 1.29 is 0 Å². The molecular formula is C17H19N3. The third-order valence-electron chi connectivity index (χ3n) is 3.70. The predicted octanol–water partition coefficient (Wildman–Crippen LogP) is 3.17. The summed E-state index contributed by atoms with van der Waals surface area (Å²) in [6.07, 6.45) is 0. The molecular weight excluding hydrogens is 246 g/mol. The predicted molar refractivity (Wildman–Crippen MR) is 82.4 cm³/mol. The Morgan fingerprint density at radius 3 is 2.60 bits per heavy atom. The maximum atomic E-state index is 4.60. The van der Waals surface area contributed by atoms with Gasteiger partial charge in [-0.1, -0.05) is 42.5 Å². The van der Waals surface area contributed by atoms with Crippen LogP contribution in [0.4, 0.5) is 0 Å². The van der Waals surface area contributed by atoms with Gasteiger partial charge in [0.25, 0.3) is 0 Å². The van der Waals surface area contributed by atoms with Crippen molar-refractivity contribution in [2.24, 2.45) is 7.05 Å². The van der Waals surface area contributed by atoms with Gasteiger partial charge in [-0.25, -0.2) is 0 Å². The van der Waals surface area contributed by atoms with Gasteiger partial charge in [0.15, 0.2) is 0 Å². The lowest BCUT2D eigenvalue weighted by molar-refractivity contribution is 0.660. The molecule has 102 valence electrons. The summed E-state index contributed by atoms with van der Waals surface area (Å²) in [6, 6.07) is 16.8. The molecule has 3 nitrogen and oxygen atoms in total. The molecule has 2 aromatic carbocycles. The van der Waals surface area contributed by atoms with Gasteiger partial charge in [0.05, 0.1) is 11.2 Å². The molecule has 0 aliphatic rings. The highest BCUT2D eigenvalue weighted by molar-refractivity contribution is 5.81. The lowest BCUT2D eigenvalue weighted by Gasteiger charge is -2.06. The zero-order chi connectivity index (χ0) is 13.9. The van der Waals surface area contributed by atoms with Crippen LogP contribution in [0.5, 0.6) is 0 Å². The normalized spacial score (nSPS) is 11.1. The van der Waals surface area contributed by atoms with Crippen LogP contribution in [0.3, 0.4) is 0 Å². The van der Waals surface area contributed by atoms with E-state index in [2.05, 4.69) is 65.9 Å². The van der Waals surface area contributed by atoms with E-state index in [1.54, 1.807) is 0 Å². The van der Waals surface area contributed by atoms with Crippen molar-refractivity contribution in [3.8, 4) is 0 Å². The Morgan fingerprint density at radius 1 is 1.00 bits per heavy atom. The third kappa shape index (κ3) is 2.45. The Labute approximate surface area is 119 Å². The van der Waals surface area contributed by atoms with Gasteiger partial charge in [0.2, 0.25) is 0 Å². The molecule has 0 saturated heterocycles. The standard InChI is InChI=1S/C17H19N3/c1-13-7-3-4-8-14(13)11-18-12-16-15-9-5-6-10-17(15)20(2)19-16/h3-10,18H,11-12H2,1-2H3. The quantitative estimate of drug-likeness (QED) is 0.785. The van der Waals surface area contributed by atoms with Crippen molar-refractivity contribution in [1.82, 2.24) is 15.1 Å². The minimum absolute atomic E-state index is 0.787. The van der Waals surface area contributed by atoms with E-state index in [4.69, 9.17) is 0 Å². The summed E-state index contributed by atoms with van der Waals surface area (Å²) in [5.41, 5.74) is 4.95. The van der Waals surface area contributed by atoms with E-state index in [1.165, 1.54) is 22.0 Å². The molecule has 1 heterocycles. The van der Waals surface area contributed by atoms with Gasteiger partial charge >= 0.3 is 0 Å². The average Bonchev–Trinajstić information content (AvgIpc) is 2.78. The van der Waals surface area contributed by atoms with E-state index < -0.39 is 0 Å². The number of fused-ring (bicyclic) bond motifs is 1. The fourth-order valence-corrected chi connectivity index (χ4v) is 2.54. The van der Waals surface area contributed by atoms with Gasteiger partial charge in [-0.2, -0.15) is 5.10 Å². The van der Waals surface area contributed by atoms with E-state index in [-0.39, 0.29) is 0 Å². The van der Waals surface area contributed by atoms with Crippen molar-refractivity contribution in [1.29, 1.82) is 0 Å². The number of aryl methyl sites for hydroxylation is 2. The van der Waals surface area contributed by atoms with Crippen molar-refractivity contribution in [3.63, 3.8) is 0 Å². The molecule has 0 unspecified atom stereocenters. The van der Waals surface area contributed by atoms with Crippen LogP contribution in [-0.2, 0) is 20.1 Å². The van der Waals surface area contributed by atoms with Gasteiger partial charge in [0.1, 0.15) is 0 Å². The number of benzene rings is 2. The van der Waals surface area contributed by atoms with Crippen LogP contribution in [0.2, 0.25) is 0 Å². The molecule has 0 aliphatic heterocycles. The van der Waals surface area contributed by atoms with E-state index in [0.717, 1.165) is 18.8 Å². The number of para-hydroxylation sites is 1. The van der Waals surface area contributed by atoms with Gasteiger partial charge in [0, 0.05) is 25.5 Å². The Bertz CT molecular complexity index is 728. The molecule has 1 N–H and O–H groups in total. The van der Waals surface area contributed by atoms with Crippen molar-refractivity contribution in [2.45, 2.75) is 20.0 Å². The van der Waals surface area contributed by atoms with Gasteiger partial charge in [-0.3, -0.25) is 4.68 Å². The van der Waals surface area contributed by atoms with Crippen LogP contribution >= 0.6 is 0 Å².